The molecule has 0 radical (unpaired) electrons. The summed E-state index contributed by atoms with van der Waals surface area (Å²) in [6.07, 6.45) is 3.73. The lowest BCUT2D eigenvalue weighted by atomic mass is 9.96. The van der Waals surface area contributed by atoms with Gasteiger partial charge in [-0.2, -0.15) is 15.2 Å². The molecular formula is C33H34ClN9O. The molecule has 0 saturated carbocycles. The zero-order chi connectivity index (χ0) is 30.2. The van der Waals surface area contributed by atoms with Crippen molar-refractivity contribution in [2.75, 3.05) is 49.5 Å². The molecule has 1 aliphatic rings. The lowest BCUT2D eigenvalue weighted by molar-refractivity contribution is 0.332. The number of H-pyrrole nitrogens is 1. The Balaban J connectivity index is 1.14. The third kappa shape index (κ3) is 5.31. The van der Waals surface area contributed by atoms with Gasteiger partial charge in [0.2, 0.25) is 5.95 Å². The number of halogens is 1. The minimum absolute atomic E-state index is 0.456. The van der Waals surface area contributed by atoms with E-state index in [2.05, 4.69) is 63.7 Å². The first-order valence-electron chi connectivity index (χ1n) is 14.8. The summed E-state index contributed by atoms with van der Waals surface area (Å²) in [6, 6.07) is 16.2. The molecule has 10 nitrogen and oxygen atoms in total. The van der Waals surface area contributed by atoms with Crippen molar-refractivity contribution in [3.63, 3.8) is 0 Å². The molecule has 1 saturated heterocycles. The minimum Gasteiger partial charge on any atom is -0.492 e. The van der Waals surface area contributed by atoms with Crippen molar-refractivity contribution in [2.24, 2.45) is 0 Å². The summed E-state index contributed by atoms with van der Waals surface area (Å²) in [5.41, 5.74) is 8.19. The molecule has 44 heavy (non-hydrogen) atoms. The maximum atomic E-state index is 6.99. The lowest BCUT2D eigenvalue weighted by Crippen LogP contribution is -2.44. The standard InChI is InChI=1S/C33H34ClN9O/c1-20-4-9-29-27(19-37-41-29)31(20)25-17-30-26(16-28(25)34)32(42-13-10-35-11-14-42)40-33(39-30)36-12-15-44-24-7-5-23(6-8-24)43-22(3)21(2)18-38-43/h4-9,16-19,35H,10-15H2,1-3H3,(H,37,41)(H,36,39,40). The number of nitrogens with one attached hydrogen (secondary N) is 3. The highest BCUT2D eigenvalue weighted by molar-refractivity contribution is 6.35. The second-order valence-electron chi connectivity index (χ2n) is 11.1. The second-order valence-corrected chi connectivity index (χ2v) is 11.5. The number of aryl methyl sites for hydroxylation is 2. The van der Waals surface area contributed by atoms with Crippen LogP contribution in [0.25, 0.3) is 38.6 Å². The topological polar surface area (TPSA) is 109 Å². The summed E-state index contributed by atoms with van der Waals surface area (Å²) in [4.78, 5) is 12.2. The van der Waals surface area contributed by atoms with E-state index in [-0.39, 0.29) is 0 Å². The molecule has 6 aromatic rings. The van der Waals surface area contributed by atoms with Gasteiger partial charge in [-0.25, -0.2) is 9.67 Å². The number of aromatic amines is 1. The highest BCUT2D eigenvalue weighted by Crippen LogP contribution is 2.39. The Morgan fingerprint density at radius 1 is 0.932 bits per heavy atom. The molecule has 0 atom stereocenters. The average Bonchev–Trinajstić information content (AvgIpc) is 3.66. The fourth-order valence-corrected chi connectivity index (χ4v) is 6.03. The van der Waals surface area contributed by atoms with Crippen LogP contribution in [-0.2, 0) is 0 Å². The number of anilines is 2. The number of benzene rings is 3. The normalized spacial score (nSPS) is 13.6. The molecule has 3 aromatic heterocycles. The highest BCUT2D eigenvalue weighted by atomic mass is 35.5. The monoisotopic (exact) mass is 607 g/mol. The van der Waals surface area contributed by atoms with Crippen LogP contribution in [0.5, 0.6) is 5.75 Å². The molecule has 224 valence electrons. The molecule has 4 heterocycles. The number of piperazine rings is 1. The number of aromatic nitrogens is 6. The molecule has 1 aliphatic heterocycles. The van der Waals surface area contributed by atoms with Crippen molar-refractivity contribution in [3.05, 3.63) is 82.8 Å². The van der Waals surface area contributed by atoms with Gasteiger partial charge >= 0.3 is 0 Å². The Labute approximate surface area is 260 Å². The van der Waals surface area contributed by atoms with Crippen LogP contribution >= 0.6 is 11.6 Å². The number of hydrogen-bond acceptors (Lipinski definition) is 8. The van der Waals surface area contributed by atoms with Crippen LogP contribution in [0.3, 0.4) is 0 Å². The van der Waals surface area contributed by atoms with E-state index >= 15 is 0 Å². The van der Waals surface area contributed by atoms with Crippen molar-refractivity contribution >= 4 is 45.2 Å². The van der Waals surface area contributed by atoms with E-state index in [0.29, 0.717) is 24.1 Å². The van der Waals surface area contributed by atoms with Crippen molar-refractivity contribution < 1.29 is 4.74 Å². The summed E-state index contributed by atoms with van der Waals surface area (Å²) >= 11 is 6.99. The molecule has 7 rings (SSSR count). The zero-order valence-electron chi connectivity index (χ0n) is 25.0. The molecule has 0 spiro atoms. The van der Waals surface area contributed by atoms with Gasteiger partial charge in [-0.15, -0.1) is 0 Å². The number of fused-ring (bicyclic) bond motifs is 2. The summed E-state index contributed by atoms with van der Waals surface area (Å²) < 4.78 is 7.97. The highest BCUT2D eigenvalue weighted by Gasteiger charge is 2.20. The smallest absolute Gasteiger partial charge is 0.225 e. The molecule has 3 N–H and O–H groups in total. The van der Waals surface area contributed by atoms with Gasteiger partial charge in [0.1, 0.15) is 18.2 Å². The number of rotatable bonds is 8. The SMILES string of the molecule is Cc1ccc2[nH]ncc2c1-c1cc2nc(NCCOc3ccc(-n4ncc(C)c4C)cc3)nc(N3CCNCC3)c2cc1Cl. The Morgan fingerprint density at radius 2 is 1.75 bits per heavy atom. The summed E-state index contributed by atoms with van der Waals surface area (Å²) in [5.74, 6) is 2.23. The minimum atomic E-state index is 0.456. The first kappa shape index (κ1) is 28.1. The Kier molecular flexibility index (Phi) is 7.53. The molecule has 0 unspecified atom stereocenters. The molecular weight excluding hydrogens is 574 g/mol. The third-order valence-corrected chi connectivity index (χ3v) is 8.59. The van der Waals surface area contributed by atoms with E-state index in [9.17, 15) is 0 Å². The first-order valence-corrected chi connectivity index (χ1v) is 15.2. The van der Waals surface area contributed by atoms with Gasteiger partial charge in [0, 0.05) is 53.2 Å². The Bertz CT molecular complexity index is 1960. The van der Waals surface area contributed by atoms with Crippen LogP contribution in [0.1, 0.15) is 16.8 Å². The van der Waals surface area contributed by atoms with Gasteiger partial charge < -0.3 is 20.3 Å². The zero-order valence-corrected chi connectivity index (χ0v) is 25.7. The summed E-state index contributed by atoms with van der Waals surface area (Å²) in [5, 5.41) is 21.2. The van der Waals surface area contributed by atoms with Gasteiger partial charge in [-0.3, -0.25) is 5.10 Å². The van der Waals surface area contributed by atoms with Crippen molar-refractivity contribution in [3.8, 4) is 22.6 Å². The fraction of sp³-hybridized carbons (Fsp3) is 0.273. The Morgan fingerprint density at radius 3 is 2.52 bits per heavy atom. The maximum absolute atomic E-state index is 6.99. The van der Waals surface area contributed by atoms with Gasteiger partial charge in [-0.1, -0.05) is 17.7 Å². The van der Waals surface area contributed by atoms with Crippen LogP contribution in [0, 0.1) is 20.8 Å². The molecule has 1 fully saturated rings. The molecule has 11 heteroatoms. The number of hydrogen-bond donors (Lipinski definition) is 3. The maximum Gasteiger partial charge on any atom is 0.225 e. The van der Waals surface area contributed by atoms with E-state index < -0.39 is 0 Å². The van der Waals surface area contributed by atoms with Crippen molar-refractivity contribution in [1.82, 2.24) is 35.3 Å². The van der Waals surface area contributed by atoms with Gasteiger partial charge in [0.15, 0.2) is 0 Å². The van der Waals surface area contributed by atoms with E-state index in [0.717, 1.165) is 93.2 Å². The largest absolute Gasteiger partial charge is 0.492 e. The summed E-state index contributed by atoms with van der Waals surface area (Å²) in [7, 11) is 0. The molecule has 0 amide bonds. The van der Waals surface area contributed by atoms with Gasteiger partial charge in [0.05, 0.1) is 35.7 Å². The van der Waals surface area contributed by atoms with Crippen LogP contribution in [-0.4, -0.2) is 69.3 Å². The van der Waals surface area contributed by atoms with E-state index in [1.54, 1.807) is 0 Å². The predicted octanol–water partition coefficient (Wildman–Crippen LogP) is 5.84. The van der Waals surface area contributed by atoms with Crippen LogP contribution < -0.4 is 20.3 Å². The third-order valence-electron chi connectivity index (χ3n) is 8.27. The second kappa shape index (κ2) is 11.8. The van der Waals surface area contributed by atoms with E-state index in [1.165, 1.54) is 0 Å². The first-order chi connectivity index (χ1) is 21.5. The quantitative estimate of drug-likeness (QED) is 0.185. The van der Waals surface area contributed by atoms with Crippen LogP contribution in [0.15, 0.2) is 60.9 Å². The predicted molar refractivity (Wildman–Crippen MR) is 176 cm³/mol. The molecule has 0 aliphatic carbocycles. The van der Waals surface area contributed by atoms with Crippen molar-refractivity contribution in [1.29, 1.82) is 0 Å². The van der Waals surface area contributed by atoms with E-state index in [1.807, 2.05) is 53.5 Å². The van der Waals surface area contributed by atoms with Crippen LogP contribution in [0.4, 0.5) is 11.8 Å². The van der Waals surface area contributed by atoms with Gasteiger partial charge in [0.25, 0.3) is 0 Å². The van der Waals surface area contributed by atoms with Crippen molar-refractivity contribution in [2.45, 2.75) is 20.8 Å². The lowest BCUT2D eigenvalue weighted by Gasteiger charge is -2.29. The van der Waals surface area contributed by atoms with Crippen LogP contribution in [0.2, 0.25) is 5.02 Å². The summed E-state index contributed by atoms with van der Waals surface area (Å²) in [6.45, 7) is 10.7. The fourth-order valence-electron chi connectivity index (χ4n) is 5.77. The molecule has 0 bridgehead atoms. The Hall–Kier alpha value is -4.67. The number of ether oxygens (including phenoxy) is 1. The van der Waals surface area contributed by atoms with Gasteiger partial charge in [-0.05, 0) is 79.9 Å². The molecule has 3 aromatic carbocycles. The van der Waals surface area contributed by atoms with E-state index in [4.69, 9.17) is 26.3 Å². The average molecular weight is 608 g/mol. The number of nitrogens with zero attached hydrogens (tertiary/aromatic N) is 6.